The zero-order valence-electron chi connectivity index (χ0n) is 23.5. The SMILES string of the molecule is O=S(=O)(Nc1ccccc1C=N[C@@H]1CCCC[C@H]1N=Cc1ccccc1NS(=O)(=O)c1ccc(Cl)cc1)c1ccc(Cl)cc1. The lowest BCUT2D eigenvalue weighted by atomic mass is 9.91. The van der Waals surface area contributed by atoms with Crippen molar-refractivity contribution in [1.29, 1.82) is 0 Å². The molecule has 4 aromatic rings. The molecule has 0 radical (unpaired) electrons. The van der Waals surface area contributed by atoms with E-state index in [4.69, 9.17) is 33.2 Å². The van der Waals surface area contributed by atoms with Crippen molar-refractivity contribution < 1.29 is 16.8 Å². The molecule has 4 aromatic carbocycles. The van der Waals surface area contributed by atoms with Crippen LogP contribution in [-0.2, 0) is 20.0 Å². The smallest absolute Gasteiger partial charge is 0.261 e. The van der Waals surface area contributed by atoms with Crippen LogP contribution in [0.15, 0.2) is 117 Å². The summed E-state index contributed by atoms with van der Waals surface area (Å²) in [5.41, 5.74) is 2.06. The Kier molecular flexibility index (Phi) is 10.1. The van der Waals surface area contributed by atoms with Crippen LogP contribution in [0.1, 0.15) is 36.8 Å². The number of nitrogens with zero attached hydrogens (tertiary/aromatic N) is 2. The van der Waals surface area contributed by atoms with Gasteiger partial charge in [0.2, 0.25) is 0 Å². The highest BCUT2D eigenvalue weighted by atomic mass is 35.5. The maximum absolute atomic E-state index is 13.0. The van der Waals surface area contributed by atoms with E-state index < -0.39 is 20.0 Å². The minimum atomic E-state index is -3.83. The summed E-state index contributed by atoms with van der Waals surface area (Å²) >= 11 is 11.8. The van der Waals surface area contributed by atoms with Gasteiger partial charge in [-0.25, -0.2) is 16.8 Å². The third-order valence-corrected chi connectivity index (χ3v) is 10.4. The average molecular weight is 670 g/mol. The highest BCUT2D eigenvalue weighted by Gasteiger charge is 2.24. The molecule has 44 heavy (non-hydrogen) atoms. The number of hydrogen-bond acceptors (Lipinski definition) is 6. The van der Waals surface area contributed by atoms with Crippen molar-refractivity contribution in [3.8, 4) is 0 Å². The van der Waals surface area contributed by atoms with E-state index in [2.05, 4.69) is 9.44 Å². The Bertz CT molecular complexity index is 1740. The van der Waals surface area contributed by atoms with E-state index in [1.54, 1.807) is 48.8 Å². The van der Waals surface area contributed by atoms with Crippen LogP contribution in [0.25, 0.3) is 0 Å². The second kappa shape index (κ2) is 13.9. The van der Waals surface area contributed by atoms with Crippen LogP contribution in [0, 0.1) is 0 Å². The number of nitrogens with one attached hydrogen (secondary N) is 2. The van der Waals surface area contributed by atoms with Crippen molar-refractivity contribution >= 4 is 67.1 Å². The van der Waals surface area contributed by atoms with Gasteiger partial charge in [0.25, 0.3) is 20.0 Å². The fourth-order valence-corrected chi connectivity index (χ4v) is 7.26. The van der Waals surface area contributed by atoms with Gasteiger partial charge in [-0.15, -0.1) is 0 Å². The molecule has 0 amide bonds. The highest BCUT2D eigenvalue weighted by molar-refractivity contribution is 7.93. The van der Waals surface area contributed by atoms with E-state index in [1.165, 1.54) is 48.5 Å². The second-order valence-electron chi connectivity index (χ2n) is 10.3. The first kappa shape index (κ1) is 31.7. The van der Waals surface area contributed by atoms with Crippen LogP contribution < -0.4 is 9.44 Å². The van der Waals surface area contributed by atoms with Crippen LogP contribution in [0.2, 0.25) is 10.0 Å². The van der Waals surface area contributed by atoms with Crippen LogP contribution in [0.5, 0.6) is 0 Å². The fourth-order valence-electron chi connectivity index (χ4n) is 4.83. The lowest BCUT2D eigenvalue weighted by Crippen LogP contribution is -2.27. The van der Waals surface area contributed by atoms with Gasteiger partial charge in [-0.1, -0.05) is 72.4 Å². The molecule has 1 fully saturated rings. The maximum Gasteiger partial charge on any atom is 0.261 e. The zero-order chi connectivity index (χ0) is 31.2. The second-order valence-corrected chi connectivity index (χ2v) is 14.5. The molecule has 2 atom stereocenters. The van der Waals surface area contributed by atoms with Crippen molar-refractivity contribution in [2.75, 3.05) is 9.44 Å². The lowest BCUT2D eigenvalue weighted by Gasteiger charge is -2.25. The summed E-state index contributed by atoms with van der Waals surface area (Å²) in [5.74, 6) is 0. The molecule has 0 saturated heterocycles. The molecule has 0 spiro atoms. The van der Waals surface area contributed by atoms with E-state index in [9.17, 15) is 16.8 Å². The molecule has 2 N–H and O–H groups in total. The molecule has 0 heterocycles. The number of benzene rings is 4. The third-order valence-electron chi connectivity index (χ3n) is 7.16. The third kappa shape index (κ3) is 8.06. The van der Waals surface area contributed by atoms with Crippen LogP contribution in [-0.4, -0.2) is 41.3 Å². The molecule has 0 bridgehead atoms. The Labute approximate surface area is 268 Å². The van der Waals surface area contributed by atoms with Gasteiger partial charge < -0.3 is 0 Å². The van der Waals surface area contributed by atoms with Gasteiger partial charge >= 0.3 is 0 Å². The number of rotatable bonds is 10. The molecule has 1 aliphatic carbocycles. The molecule has 228 valence electrons. The quantitative estimate of drug-likeness (QED) is 0.171. The Balaban J connectivity index is 1.33. The molecule has 0 aliphatic heterocycles. The molecule has 1 saturated carbocycles. The Morgan fingerprint density at radius 2 is 0.932 bits per heavy atom. The van der Waals surface area contributed by atoms with Gasteiger partial charge in [-0.05, 0) is 73.5 Å². The molecule has 12 heteroatoms. The van der Waals surface area contributed by atoms with E-state index in [0.29, 0.717) is 32.5 Å². The van der Waals surface area contributed by atoms with E-state index in [-0.39, 0.29) is 21.9 Å². The van der Waals surface area contributed by atoms with Crippen LogP contribution in [0.4, 0.5) is 11.4 Å². The van der Waals surface area contributed by atoms with Crippen LogP contribution in [0.3, 0.4) is 0 Å². The monoisotopic (exact) mass is 668 g/mol. The van der Waals surface area contributed by atoms with Crippen molar-refractivity contribution in [3.63, 3.8) is 0 Å². The van der Waals surface area contributed by atoms with Gasteiger partial charge in [0.1, 0.15) is 0 Å². The largest absolute Gasteiger partial charge is 0.287 e. The van der Waals surface area contributed by atoms with Gasteiger partial charge in [-0.3, -0.25) is 19.4 Å². The zero-order valence-corrected chi connectivity index (χ0v) is 26.6. The summed E-state index contributed by atoms with van der Waals surface area (Å²) < 4.78 is 57.2. The van der Waals surface area contributed by atoms with Gasteiger partial charge in [-0.2, -0.15) is 0 Å². The molecular weight excluding hydrogens is 639 g/mol. The predicted molar refractivity (Wildman–Crippen MR) is 179 cm³/mol. The Morgan fingerprint density at radius 1 is 0.568 bits per heavy atom. The predicted octanol–water partition coefficient (Wildman–Crippen LogP) is 7.44. The number of aliphatic imine (C=N–C) groups is 2. The summed E-state index contributed by atoms with van der Waals surface area (Å²) in [6.07, 6.45) is 7.01. The number of halogens is 2. The van der Waals surface area contributed by atoms with Crippen molar-refractivity contribution in [2.45, 2.75) is 47.6 Å². The minimum absolute atomic E-state index is 0.103. The lowest BCUT2D eigenvalue weighted by molar-refractivity contribution is 0.390. The summed E-state index contributed by atoms with van der Waals surface area (Å²) in [7, 11) is -7.66. The van der Waals surface area contributed by atoms with Crippen molar-refractivity contribution in [2.24, 2.45) is 9.98 Å². The number of hydrogen-bond donors (Lipinski definition) is 2. The van der Waals surface area contributed by atoms with E-state index >= 15 is 0 Å². The average Bonchev–Trinajstić information content (AvgIpc) is 3.01. The normalized spacial score (nSPS) is 17.6. The first-order valence-corrected chi connectivity index (χ1v) is 17.6. The number of para-hydroxylation sites is 2. The summed E-state index contributed by atoms with van der Waals surface area (Å²) in [5, 5.41) is 0.896. The summed E-state index contributed by atoms with van der Waals surface area (Å²) in [4.78, 5) is 9.88. The molecule has 1 aliphatic rings. The van der Waals surface area contributed by atoms with Crippen LogP contribution >= 0.6 is 23.2 Å². The van der Waals surface area contributed by atoms with Gasteiger partial charge in [0, 0.05) is 33.6 Å². The topological polar surface area (TPSA) is 117 Å². The molecule has 0 unspecified atom stereocenters. The maximum atomic E-state index is 13.0. The molecule has 0 aromatic heterocycles. The fraction of sp³-hybridized carbons (Fsp3) is 0.188. The Hall–Kier alpha value is -3.70. The summed E-state index contributed by atoms with van der Waals surface area (Å²) in [6.45, 7) is 0. The number of anilines is 2. The number of sulfonamides is 2. The van der Waals surface area contributed by atoms with Crippen molar-refractivity contribution in [3.05, 3.63) is 118 Å². The highest BCUT2D eigenvalue weighted by Crippen LogP contribution is 2.27. The van der Waals surface area contributed by atoms with E-state index in [1.807, 2.05) is 12.1 Å². The van der Waals surface area contributed by atoms with Gasteiger partial charge in [0.05, 0.1) is 33.2 Å². The van der Waals surface area contributed by atoms with E-state index in [0.717, 1.165) is 25.7 Å². The minimum Gasteiger partial charge on any atom is -0.287 e. The standard InChI is InChI=1S/C32H30Cl2N4O4S2/c33-25-13-17-27(18-14-25)43(39,40)37-29-9-3-1-7-23(29)21-35-31-11-5-6-12-32(31)36-22-24-8-2-4-10-30(24)38-44(41,42)28-19-15-26(34)16-20-28/h1-4,7-10,13-22,31-32,37-38H,5-6,11-12H2/t31-,32-/m1/s1. The first-order valence-electron chi connectivity index (χ1n) is 13.9. The molecule has 8 nitrogen and oxygen atoms in total. The first-order chi connectivity index (χ1) is 21.1. The molecule has 5 rings (SSSR count). The van der Waals surface area contributed by atoms with Gasteiger partial charge in [0.15, 0.2) is 0 Å². The van der Waals surface area contributed by atoms with Crippen molar-refractivity contribution in [1.82, 2.24) is 0 Å². The Morgan fingerprint density at radius 3 is 1.32 bits per heavy atom. The summed E-state index contributed by atoms with van der Waals surface area (Å²) in [6, 6.07) is 25.8. The molecular formula is C32H30Cl2N4O4S2.